The second-order valence-corrected chi connectivity index (χ2v) is 9.17. The van der Waals surface area contributed by atoms with Gasteiger partial charge in [-0.15, -0.1) is 24.0 Å². The van der Waals surface area contributed by atoms with Crippen LogP contribution in [0.3, 0.4) is 0 Å². The summed E-state index contributed by atoms with van der Waals surface area (Å²) in [6, 6.07) is 14.7. The van der Waals surface area contributed by atoms with Crippen LogP contribution in [-0.4, -0.2) is 39.3 Å². The third kappa shape index (κ3) is 7.92. The number of nitrogens with zero attached hydrogens (tertiary/aromatic N) is 1. The Kier molecular flexibility index (Phi) is 9.16. The van der Waals surface area contributed by atoms with Gasteiger partial charge in [0.05, 0.1) is 18.8 Å². The number of hydrogen-bond acceptors (Lipinski definition) is 3. The molecule has 28 heavy (non-hydrogen) atoms. The van der Waals surface area contributed by atoms with Crippen molar-refractivity contribution in [3.05, 3.63) is 48.0 Å². The zero-order chi connectivity index (χ0) is 20.1. The Labute approximate surface area is 185 Å². The highest BCUT2D eigenvalue weighted by molar-refractivity contribution is 14.0. The van der Waals surface area contributed by atoms with Crippen molar-refractivity contribution in [1.82, 2.24) is 15.4 Å². The van der Waals surface area contributed by atoms with Gasteiger partial charge >= 0.3 is 0 Å². The van der Waals surface area contributed by atoms with Gasteiger partial charge in [-0.1, -0.05) is 36.4 Å². The Bertz CT molecular complexity index is 913. The van der Waals surface area contributed by atoms with Gasteiger partial charge in [-0.3, -0.25) is 4.99 Å². The van der Waals surface area contributed by atoms with E-state index in [1.807, 2.05) is 32.9 Å². The van der Waals surface area contributed by atoms with Crippen molar-refractivity contribution in [2.45, 2.75) is 39.3 Å². The van der Waals surface area contributed by atoms with Crippen molar-refractivity contribution >= 4 is 50.7 Å². The van der Waals surface area contributed by atoms with Crippen LogP contribution in [0.4, 0.5) is 0 Å². The zero-order valence-electron chi connectivity index (χ0n) is 17.1. The average Bonchev–Trinajstić information content (AvgIpc) is 2.57. The minimum Gasteiger partial charge on any atom is -0.357 e. The SMILES string of the molecule is CCNC(=NCC(C)(C)NS(C)(=O)=O)NC(C)c1ccc2ccccc2c1.I. The van der Waals surface area contributed by atoms with Gasteiger partial charge in [-0.05, 0) is 50.1 Å². The van der Waals surface area contributed by atoms with E-state index in [-0.39, 0.29) is 30.0 Å². The highest BCUT2D eigenvalue weighted by Gasteiger charge is 2.22. The maximum atomic E-state index is 11.5. The van der Waals surface area contributed by atoms with E-state index in [0.29, 0.717) is 12.5 Å². The zero-order valence-corrected chi connectivity index (χ0v) is 20.3. The summed E-state index contributed by atoms with van der Waals surface area (Å²) in [5, 5.41) is 9.02. The van der Waals surface area contributed by atoms with Crippen LogP contribution in [0.15, 0.2) is 47.5 Å². The molecule has 0 aliphatic rings. The van der Waals surface area contributed by atoms with Gasteiger partial charge in [0.2, 0.25) is 10.0 Å². The van der Waals surface area contributed by atoms with Gasteiger partial charge in [0.15, 0.2) is 5.96 Å². The average molecular weight is 518 g/mol. The van der Waals surface area contributed by atoms with Gasteiger partial charge in [-0.25, -0.2) is 13.1 Å². The van der Waals surface area contributed by atoms with Crippen LogP contribution in [0.25, 0.3) is 10.8 Å². The largest absolute Gasteiger partial charge is 0.357 e. The predicted octanol–water partition coefficient (Wildman–Crippen LogP) is 3.40. The van der Waals surface area contributed by atoms with Crippen molar-refractivity contribution in [2.24, 2.45) is 4.99 Å². The Morgan fingerprint density at radius 3 is 2.39 bits per heavy atom. The van der Waals surface area contributed by atoms with E-state index in [4.69, 9.17) is 0 Å². The first-order valence-electron chi connectivity index (χ1n) is 9.12. The topological polar surface area (TPSA) is 82.6 Å². The standard InChI is InChI=1S/C20H30N4O2S.HI/c1-6-21-19(22-14-20(3,4)24-27(5,25)26)23-15(2)17-12-11-16-9-7-8-10-18(16)13-17;/h7-13,15,24H,6,14H2,1-5H3,(H2,21,22,23);1H. The molecule has 0 aliphatic heterocycles. The lowest BCUT2D eigenvalue weighted by Crippen LogP contribution is -2.47. The van der Waals surface area contributed by atoms with Gasteiger partial charge in [0.25, 0.3) is 0 Å². The maximum absolute atomic E-state index is 11.5. The fourth-order valence-corrected chi connectivity index (χ4v) is 3.96. The summed E-state index contributed by atoms with van der Waals surface area (Å²) in [5.74, 6) is 0.654. The first kappa shape index (κ1) is 24.6. The van der Waals surface area contributed by atoms with E-state index in [0.717, 1.165) is 18.4 Å². The number of sulfonamides is 1. The number of fused-ring (bicyclic) bond motifs is 1. The van der Waals surface area contributed by atoms with Crippen molar-refractivity contribution < 1.29 is 8.42 Å². The fourth-order valence-electron chi connectivity index (χ4n) is 2.90. The third-order valence-electron chi connectivity index (χ3n) is 4.07. The lowest BCUT2D eigenvalue weighted by Gasteiger charge is -2.24. The molecule has 2 aromatic carbocycles. The van der Waals surface area contributed by atoms with Crippen LogP contribution in [0.1, 0.15) is 39.3 Å². The van der Waals surface area contributed by atoms with E-state index in [9.17, 15) is 8.42 Å². The van der Waals surface area contributed by atoms with Gasteiger partial charge in [-0.2, -0.15) is 0 Å². The second kappa shape index (κ2) is 10.4. The van der Waals surface area contributed by atoms with Crippen molar-refractivity contribution in [2.75, 3.05) is 19.3 Å². The second-order valence-electron chi connectivity index (χ2n) is 7.43. The molecule has 3 N–H and O–H groups in total. The quantitative estimate of drug-likeness (QED) is 0.298. The molecule has 0 saturated heterocycles. The molecule has 0 fully saturated rings. The number of halogens is 1. The number of hydrogen-bond donors (Lipinski definition) is 3. The van der Waals surface area contributed by atoms with E-state index in [2.05, 4.69) is 57.6 Å². The molecule has 8 heteroatoms. The highest BCUT2D eigenvalue weighted by atomic mass is 127. The number of nitrogens with one attached hydrogen (secondary N) is 3. The lowest BCUT2D eigenvalue weighted by atomic mass is 10.0. The molecule has 0 amide bonds. The summed E-state index contributed by atoms with van der Waals surface area (Å²) < 4.78 is 25.6. The fraction of sp³-hybridized carbons (Fsp3) is 0.450. The summed E-state index contributed by atoms with van der Waals surface area (Å²) in [4.78, 5) is 4.56. The maximum Gasteiger partial charge on any atom is 0.209 e. The number of aliphatic imine (C=N–C) groups is 1. The number of benzene rings is 2. The van der Waals surface area contributed by atoms with Gasteiger partial charge < -0.3 is 10.6 Å². The summed E-state index contributed by atoms with van der Waals surface area (Å²) in [6.45, 7) is 8.74. The highest BCUT2D eigenvalue weighted by Crippen LogP contribution is 2.20. The molecule has 0 bridgehead atoms. The molecule has 156 valence electrons. The Morgan fingerprint density at radius 1 is 1.14 bits per heavy atom. The van der Waals surface area contributed by atoms with E-state index >= 15 is 0 Å². The molecular formula is C20H31IN4O2S. The van der Waals surface area contributed by atoms with Crippen LogP contribution in [-0.2, 0) is 10.0 Å². The smallest absolute Gasteiger partial charge is 0.209 e. The summed E-state index contributed by atoms with van der Waals surface area (Å²) in [6.07, 6.45) is 1.16. The van der Waals surface area contributed by atoms with Crippen LogP contribution < -0.4 is 15.4 Å². The van der Waals surface area contributed by atoms with E-state index < -0.39 is 15.6 Å². The Morgan fingerprint density at radius 2 is 1.79 bits per heavy atom. The first-order valence-corrected chi connectivity index (χ1v) is 11.0. The van der Waals surface area contributed by atoms with E-state index in [1.54, 1.807) is 0 Å². The van der Waals surface area contributed by atoms with Crippen LogP contribution in [0, 0.1) is 0 Å². The monoisotopic (exact) mass is 518 g/mol. The Hall–Kier alpha value is -1.39. The summed E-state index contributed by atoms with van der Waals surface area (Å²) in [5.41, 5.74) is 0.495. The first-order chi connectivity index (χ1) is 12.6. The number of rotatable bonds is 7. The molecule has 2 rings (SSSR count). The van der Waals surface area contributed by atoms with Crippen molar-refractivity contribution in [3.63, 3.8) is 0 Å². The third-order valence-corrected chi connectivity index (χ3v) is 4.99. The predicted molar refractivity (Wildman–Crippen MR) is 129 cm³/mol. The van der Waals surface area contributed by atoms with Gasteiger partial charge in [0, 0.05) is 12.1 Å². The molecule has 0 aromatic heterocycles. The summed E-state index contributed by atoms with van der Waals surface area (Å²) >= 11 is 0. The molecule has 2 aromatic rings. The molecule has 0 saturated carbocycles. The molecule has 0 heterocycles. The molecule has 1 unspecified atom stereocenters. The molecular weight excluding hydrogens is 487 g/mol. The van der Waals surface area contributed by atoms with Crippen LogP contribution >= 0.6 is 24.0 Å². The number of guanidine groups is 1. The normalized spacial score (nSPS) is 13.7. The Balaban J connectivity index is 0.00000392. The van der Waals surface area contributed by atoms with Gasteiger partial charge in [0.1, 0.15) is 0 Å². The molecule has 0 aliphatic carbocycles. The minimum atomic E-state index is -3.29. The molecule has 6 nitrogen and oxygen atoms in total. The molecule has 1 atom stereocenters. The lowest BCUT2D eigenvalue weighted by molar-refractivity contribution is 0.464. The van der Waals surface area contributed by atoms with Crippen molar-refractivity contribution in [3.8, 4) is 0 Å². The minimum absolute atomic E-state index is 0. The molecule has 0 spiro atoms. The summed E-state index contributed by atoms with van der Waals surface area (Å²) in [7, 11) is -3.29. The van der Waals surface area contributed by atoms with Crippen LogP contribution in [0.2, 0.25) is 0 Å². The molecule has 0 radical (unpaired) electrons. The van der Waals surface area contributed by atoms with Crippen LogP contribution in [0.5, 0.6) is 0 Å². The van der Waals surface area contributed by atoms with Crippen molar-refractivity contribution in [1.29, 1.82) is 0 Å². The van der Waals surface area contributed by atoms with E-state index in [1.165, 1.54) is 10.8 Å².